The van der Waals surface area contributed by atoms with Gasteiger partial charge in [-0.1, -0.05) is 72.8 Å². The molecule has 3 rings (SSSR count). The van der Waals surface area contributed by atoms with Crippen molar-refractivity contribution in [3.05, 3.63) is 83.0 Å². The van der Waals surface area contributed by atoms with Gasteiger partial charge < -0.3 is 14.9 Å². The Balaban J connectivity index is 0.00000210. The van der Waals surface area contributed by atoms with Crippen LogP contribution in [0.5, 0.6) is 0 Å². The molecule has 1 aromatic heterocycles. The first-order chi connectivity index (χ1) is 17.0. The fourth-order valence-corrected chi connectivity index (χ4v) is 6.17. The van der Waals surface area contributed by atoms with Crippen molar-refractivity contribution in [1.29, 1.82) is 0 Å². The molecule has 0 amide bonds. The van der Waals surface area contributed by atoms with E-state index in [2.05, 4.69) is 43.5 Å². The molecule has 1 aliphatic carbocycles. The van der Waals surface area contributed by atoms with Gasteiger partial charge in [-0.05, 0) is 69.3 Å². The average Bonchev–Trinajstić information content (AvgIpc) is 3.40. The van der Waals surface area contributed by atoms with Crippen molar-refractivity contribution in [3.63, 3.8) is 0 Å². The van der Waals surface area contributed by atoms with Crippen molar-refractivity contribution in [2.45, 2.75) is 63.9 Å². The molecule has 1 aliphatic rings. The van der Waals surface area contributed by atoms with Gasteiger partial charge in [0.15, 0.2) is 0 Å². The lowest BCUT2D eigenvalue weighted by atomic mass is 9.88. The molecule has 2 unspecified atom stereocenters. The Bertz CT molecular complexity index is 991. The van der Waals surface area contributed by atoms with Crippen LogP contribution in [0.3, 0.4) is 0 Å². The highest BCUT2D eigenvalue weighted by Gasteiger charge is 2.28. The summed E-state index contributed by atoms with van der Waals surface area (Å²) in [4.78, 5) is 1.16. The Kier molecular flexibility index (Phi) is 13.4. The van der Waals surface area contributed by atoms with Gasteiger partial charge in [-0.2, -0.15) is 0 Å². The molecule has 2 N–H and O–H groups in total. The van der Waals surface area contributed by atoms with Gasteiger partial charge in [0.1, 0.15) is 0 Å². The predicted molar refractivity (Wildman–Crippen MR) is 152 cm³/mol. The van der Waals surface area contributed by atoms with Crippen LogP contribution in [0.15, 0.2) is 73.1 Å². The Morgan fingerprint density at radius 1 is 1.23 bits per heavy atom. The van der Waals surface area contributed by atoms with E-state index in [1.54, 1.807) is 18.4 Å². The summed E-state index contributed by atoms with van der Waals surface area (Å²) in [5, 5.41) is 19.4. The van der Waals surface area contributed by atoms with Gasteiger partial charge in [0.25, 0.3) is 0 Å². The van der Waals surface area contributed by atoms with Gasteiger partial charge in [0.05, 0.1) is 24.0 Å². The number of methoxy groups -OCH3 is 1. The first kappa shape index (κ1) is 29.4. The number of rotatable bonds is 13. The molecule has 0 spiro atoms. The third-order valence-electron chi connectivity index (χ3n) is 6.67. The lowest BCUT2D eigenvalue weighted by molar-refractivity contribution is 0.212. The highest BCUT2D eigenvalue weighted by Crippen LogP contribution is 2.40. The van der Waals surface area contributed by atoms with E-state index < -0.39 is 6.10 Å². The summed E-state index contributed by atoms with van der Waals surface area (Å²) in [6.07, 6.45) is 17.2. The molecule has 1 saturated carbocycles. The highest BCUT2D eigenvalue weighted by molar-refractivity contribution is 7.19. The SMILES string of the molecule is C=C(CCC/C=C\C[C@H]1C(=C)CCC1C/C=C/C(O)CCc1sc2ccccc2c1Cl)OC.CO. The number of fused-ring (bicyclic) bond motifs is 1. The molecule has 3 atom stereocenters. The molecule has 0 saturated heterocycles. The molecule has 192 valence electrons. The molecule has 1 fully saturated rings. The Labute approximate surface area is 220 Å². The molecule has 1 heterocycles. The Morgan fingerprint density at radius 2 is 2.00 bits per heavy atom. The van der Waals surface area contributed by atoms with Crippen LogP contribution in [0.2, 0.25) is 5.02 Å². The second-order valence-corrected chi connectivity index (χ2v) is 10.5. The van der Waals surface area contributed by atoms with Crippen molar-refractivity contribution >= 4 is 33.0 Å². The fourth-order valence-electron chi connectivity index (χ4n) is 4.62. The first-order valence-electron chi connectivity index (χ1n) is 12.5. The minimum atomic E-state index is -0.434. The number of aliphatic hydroxyl groups is 2. The molecule has 0 bridgehead atoms. The van der Waals surface area contributed by atoms with Crippen LogP contribution < -0.4 is 0 Å². The van der Waals surface area contributed by atoms with Gasteiger partial charge in [-0.25, -0.2) is 0 Å². The summed E-state index contributed by atoms with van der Waals surface area (Å²) in [5.74, 6) is 2.03. The lowest BCUT2D eigenvalue weighted by Crippen LogP contribution is -2.08. The number of aryl methyl sites for hydroxylation is 1. The van der Waals surface area contributed by atoms with Crippen molar-refractivity contribution in [2.24, 2.45) is 11.8 Å². The van der Waals surface area contributed by atoms with Crippen molar-refractivity contribution in [2.75, 3.05) is 14.2 Å². The van der Waals surface area contributed by atoms with Crippen LogP contribution in [-0.2, 0) is 11.2 Å². The highest BCUT2D eigenvalue weighted by atomic mass is 35.5. The maximum absolute atomic E-state index is 10.5. The number of halogens is 1. The second-order valence-electron chi connectivity index (χ2n) is 9.01. The van der Waals surface area contributed by atoms with Crippen LogP contribution in [0.1, 0.15) is 56.2 Å². The fraction of sp³-hybridized carbons (Fsp3) is 0.467. The minimum Gasteiger partial charge on any atom is -0.502 e. The van der Waals surface area contributed by atoms with E-state index in [0.717, 1.165) is 73.1 Å². The van der Waals surface area contributed by atoms with Crippen LogP contribution in [-0.4, -0.2) is 30.5 Å². The third-order valence-corrected chi connectivity index (χ3v) is 8.44. The monoisotopic (exact) mass is 516 g/mol. The molecular formula is C30H41ClO3S. The molecule has 5 heteroatoms. The number of hydrogen-bond acceptors (Lipinski definition) is 4. The minimum absolute atomic E-state index is 0.434. The Morgan fingerprint density at radius 3 is 2.74 bits per heavy atom. The van der Waals surface area contributed by atoms with Gasteiger partial charge in [-0.15, -0.1) is 11.3 Å². The summed E-state index contributed by atoms with van der Waals surface area (Å²) in [6.45, 7) is 8.19. The van der Waals surface area contributed by atoms with Gasteiger partial charge in [0.2, 0.25) is 0 Å². The standard InChI is InChI=1S/C29H37ClO2S.CH4O/c1-21-17-18-23(25(21)14-7-5-4-6-11-22(2)32-3)12-10-13-24(31)19-20-28-29(30)26-15-8-9-16-27(26)33-28;1-2/h5,7-10,13,15-16,23-25,31H,1-2,4,6,11-12,14,17-20H2,3H3;2H,1H3/b7-5-,13-10+;/t23?,24?,25-;/m0./s1. The molecular weight excluding hydrogens is 476 g/mol. The van der Waals surface area contributed by atoms with Crippen LogP contribution in [0.25, 0.3) is 10.1 Å². The molecule has 0 aliphatic heterocycles. The summed E-state index contributed by atoms with van der Waals surface area (Å²) >= 11 is 8.27. The van der Waals surface area contributed by atoms with E-state index in [1.165, 1.54) is 16.7 Å². The van der Waals surface area contributed by atoms with E-state index in [4.69, 9.17) is 21.4 Å². The normalized spacial score (nSPS) is 18.8. The largest absolute Gasteiger partial charge is 0.502 e. The van der Waals surface area contributed by atoms with Gasteiger partial charge in [-0.3, -0.25) is 0 Å². The number of aliphatic hydroxyl groups excluding tert-OH is 2. The number of unbranched alkanes of at least 4 members (excludes halogenated alkanes) is 1. The molecule has 35 heavy (non-hydrogen) atoms. The Hall–Kier alpha value is -1.85. The van der Waals surface area contributed by atoms with E-state index in [0.29, 0.717) is 18.3 Å². The summed E-state index contributed by atoms with van der Waals surface area (Å²) < 4.78 is 6.33. The van der Waals surface area contributed by atoms with Crippen LogP contribution >= 0.6 is 22.9 Å². The third kappa shape index (κ3) is 9.27. The quantitative estimate of drug-likeness (QED) is 0.160. The second kappa shape index (κ2) is 16.0. The van der Waals surface area contributed by atoms with Crippen molar-refractivity contribution in [1.82, 2.24) is 0 Å². The molecule has 0 radical (unpaired) electrons. The lowest BCUT2D eigenvalue weighted by Gasteiger charge is -2.17. The zero-order valence-corrected chi connectivity index (χ0v) is 22.8. The maximum Gasteiger partial charge on any atom is 0.0884 e. The zero-order valence-electron chi connectivity index (χ0n) is 21.2. The summed E-state index contributed by atoms with van der Waals surface area (Å²) in [6, 6.07) is 8.22. The maximum atomic E-state index is 10.5. The zero-order chi connectivity index (χ0) is 25.6. The van der Waals surface area contributed by atoms with Crippen LogP contribution in [0.4, 0.5) is 0 Å². The van der Waals surface area contributed by atoms with Crippen LogP contribution in [0, 0.1) is 11.8 Å². The smallest absolute Gasteiger partial charge is 0.0884 e. The number of hydrogen-bond donors (Lipinski definition) is 2. The topological polar surface area (TPSA) is 49.7 Å². The first-order valence-corrected chi connectivity index (χ1v) is 13.7. The number of ether oxygens (including phenoxy) is 1. The summed E-state index contributed by atoms with van der Waals surface area (Å²) in [7, 11) is 2.68. The van der Waals surface area contributed by atoms with Crippen molar-refractivity contribution < 1.29 is 14.9 Å². The van der Waals surface area contributed by atoms with E-state index >= 15 is 0 Å². The van der Waals surface area contributed by atoms with Gasteiger partial charge >= 0.3 is 0 Å². The van der Waals surface area contributed by atoms with E-state index in [-0.39, 0.29) is 0 Å². The predicted octanol–water partition coefficient (Wildman–Crippen LogP) is 8.26. The van der Waals surface area contributed by atoms with Crippen molar-refractivity contribution in [3.8, 4) is 0 Å². The van der Waals surface area contributed by atoms with Gasteiger partial charge in [0, 0.05) is 28.5 Å². The number of allylic oxidation sites excluding steroid dienone is 5. The molecule has 3 nitrogen and oxygen atoms in total. The van der Waals surface area contributed by atoms with E-state index in [1.807, 2.05) is 18.2 Å². The van der Waals surface area contributed by atoms with E-state index in [9.17, 15) is 5.11 Å². The molecule has 1 aromatic carbocycles. The molecule has 2 aromatic rings. The number of thiophene rings is 1. The summed E-state index contributed by atoms with van der Waals surface area (Å²) in [5.41, 5.74) is 1.38. The average molecular weight is 517 g/mol. The number of benzene rings is 1.